The third kappa shape index (κ3) is 4.78. The van der Waals surface area contributed by atoms with Crippen LogP contribution in [-0.4, -0.2) is 16.0 Å². The van der Waals surface area contributed by atoms with Gasteiger partial charge in [0.1, 0.15) is 23.2 Å². The van der Waals surface area contributed by atoms with Crippen LogP contribution < -0.4 is 16.2 Å². The van der Waals surface area contributed by atoms with Gasteiger partial charge in [0.05, 0.1) is 5.56 Å². The van der Waals surface area contributed by atoms with Gasteiger partial charge in [-0.25, -0.2) is 9.18 Å². The Hall–Kier alpha value is -3.69. The van der Waals surface area contributed by atoms with Crippen molar-refractivity contribution >= 4 is 11.7 Å². The number of benzene rings is 1. The smallest absolute Gasteiger partial charge is 0.327 e. The molecule has 10 heteroatoms. The number of nitrogens with zero attached hydrogens (tertiary/aromatic N) is 1. The molecule has 6 nitrogen and oxygen atoms in total. The third-order valence-electron chi connectivity index (χ3n) is 3.97. The van der Waals surface area contributed by atoms with Crippen LogP contribution in [0.2, 0.25) is 0 Å². The van der Waals surface area contributed by atoms with E-state index in [1.807, 2.05) is 0 Å². The number of aromatic nitrogens is 2. The Kier molecular flexibility index (Phi) is 5.62. The summed E-state index contributed by atoms with van der Waals surface area (Å²) in [5.74, 6) is -0.754. The summed E-state index contributed by atoms with van der Waals surface area (Å²) in [7, 11) is 0. The molecule has 3 rings (SSSR count). The number of carbonyl (C=O) groups is 1. The van der Waals surface area contributed by atoms with E-state index in [-0.39, 0.29) is 16.9 Å². The van der Waals surface area contributed by atoms with Gasteiger partial charge in [-0.3, -0.25) is 9.78 Å². The topological polar surface area (TPSA) is 86.9 Å². The first kappa shape index (κ1) is 20.1. The summed E-state index contributed by atoms with van der Waals surface area (Å²) in [6.45, 7) is 0. The van der Waals surface area contributed by atoms with Crippen LogP contribution in [0.4, 0.5) is 28.0 Å². The van der Waals surface area contributed by atoms with Crippen molar-refractivity contribution in [3.8, 4) is 0 Å². The molecule has 3 N–H and O–H groups in total. The number of H-pyrrole nitrogens is 1. The minimum absolute atomic E-state index is 0.0577. The fourth-order valence-corrected chi connectivity index (χ4v) is 2.59. The van der Waals surface area contributed by atoms with Crippen LogP contribution in [0, 0.1) is 5.82 Å². The first-order valence-corrected chi connectivity index (χ1v) is 8.28. The molecule has 0 saturated carbocycles. The number of urea groups is 1. The number of amides is 2. The molecule has 0 aliphatic rings. The van der Waals surface area contributed by atoms with E-state index in [2.05, 4.69) is 20.6 Å². The summed E-state index contributed by atoms with van der Waals surface area (Å²) in [6, 6.07) is 7.13. The molecule has 29 heavy (non-hydrogen) atoms. The number of rotatable bonds is 4. The van der Waals surface area contributed by atoms with Gasteiger partial charge in [0, 0.05) is 12.4 Å². The number of aromatic amines is 1. The number of alkyl halides is 3. The summed E-state index contributed by atoms with van der Waals surface area (Å²) < 4.78 is 52.7. The number of anilines is 1. The molecule has 0 bridgehead atoms. The highest BCUT2D eigenvalue weighted by atomic mass is 19.4. The average molecular weight is 406 g/mol. The quantitative estimate of drug-likeness (QED) is 0.576. The number of nitrogens with one attached hydrogen (secondary N) is 3. The molecular formula is C19H14F4N4O2. The maximum atomic E-state index is 14.3. The Balaban J connectivity index is 1.92. The maximum Gasteiger partial charge on any atom is 0.416 e. The molecular weight excluding hydrogens is 392 g/mol. The normalized spacial score (nSPS) is 12.3. The van der Waals surface area contributed by atoms with Crippen LogP contribution in [0.25, 0.3) is 0 Å². The van der Waals surface area contributed by atoms with E-state index in [4.69, 9.17) is 0 Å². The molecule has 0 spiro atoms. The van der Waals surface area contributed by atoms with E-state index < -0.39 is 35.2 Å². The van der Waals surface area contributed by atoms with Gasteiger partial charge in [-0.15, -0.1) is 0 Å². The summed E-state index contributed by atoms with van der Waals surface area (Å²) in [4.78, 5) is 30.3. The van der Waals surface area contributed by atoms with Crippen LogP contribution in [0.3, 0.4) is 0 Å². The van der Waals surface area contributed by atoms with Crippen LogP contribution in [0.5, 0.6) is 0 Å². The number of halogens is 4. The Morgan fingerprint density at radius 1 is 1.07 bits per heavy atom. The van der Waals surface area contributed by atoms with Crippen molar-refractivity contribution in [2.75, 3.05) is 5.32 Å². The molecule has 2 aromatic heterocycles. The first-order valence-electron chi connectivity index (χ1n) is 8.28. The van der Waals surface area contributed by atoms with Crippen LogP contribution >= 0.6 is 0 Å². The zero-order chi connectivity index (χ0) is 21.0. The molecule has 1 unspecified atom stereocenters. The van der Waals surface area contributed by atoms with Crippen LogP contribution in [0.1, 0.15) is 22.9 Å². The lowest BCUT2D eigenvalue weighted by Gasteiger charge is -2.20. The SMILES string of the molecule is O=C(Nc1ccc[nH]c1=O)NC(c1ccc(C(F)(F)F)cc1)c1ncccc1F. The number of carbonyl (C=O) groups excluding carboxylic acids is 1. The van der Waals surface area contributed by atoms with Gasteiger partial charge in [-0.05, 0) is 42.0 Å². The van der Waals surface area contributed by atoms with Gasteiger partial charge < -0.3 is 15.6 Å². The summed E-state index contributed by atoms with van der Waals surface area (Å²) in [5.41, 5.74) is -1.52. The van der Waals surface area contributed by atoms with E-state index in [0.717, 1.165) is 30.3 Å². The lowest BCUT2D eigenvalue weighted by molar-refractivity contribution is -0.137. The number of pyridine rings is 2. The molecule has 2 amide bonds. The van der Waals surface area contributed by atoms with Gasteiger partial charge in [0.15, 0.2) is 0 Å². The average Bonchev–Trinajstić information content (AvgIpc) is 2.68. The number of hydrogen-bond acceptors (Lipinski definition) is 3. The summed E-state index contributed by atoms with van der Waals surface area (Å²) >= 11 is 0. The molecule has 0 saturated heterocycles. The lowest BCUT2D eigenvalue weighted by Crippen LogP contribution is -2.35. The maximum absolute atomic E-state index is 14.3. The number of hydrogen-bond donors (Lipinski definition) is 3. The van der Waals surface area contributed by atoms with Crippen molar-refractivity contribution in [2.45, 2.75) is 12.2 Å². The van der Waals surface area contributed by atoms with Gasteiger partial charge in [-0.1, -0.05) is 12.1 Å². The van der Waals surface area contributed by atoms with Crippen molar-refractivity contribution in [3.63, 3.8) is 0 Å². The predicted octanol–water partition coefficient (Wildman–Crippen LogP) is 3.84. The molecule has 0 fully saturated rings. The highest BCUT2D eigenvalue weighted by Gasteiger charge is 2.31. The zero-order valence-corrected chi connectivity index (χ0v) is 14.6. The Bertz CT molecular complexity index is 1060. The molecule has 0 radical (unpaired) electrons. The second-order valence-electron chi connectivity index (χ2n) is 5.93. The van der Waals surface area contributed by atoms with Crippen molar-refractivity contribution in [3.05, 3.63) is 93.9 Å². The molecule has 0 aliphatic carbocycles. The molecule has 150 valence electrons. The Labute approximate surface area is 161 Å². The largest absolute Gasteiger partial charge is 0.416 e. The van der Waals surface area contributed by atoms with Crippen molar-refractivity contribution < 1.29 is 22.4 Å². The molecule has 3 aromatic rings. The standard InChI is InChI=1S/C19H14F4N4O2/c20-13-3-1-9-24-16(13)15(11-5-7-12(8-6-11)19(21,22)23)27-18(29)26-14-4-2-10-25-17(14)28/h1-10,15H,(H,25,28)(H2,26,27,29). The molecule has 1 atom stereocenters. The fraction of sp³-hybridized carbons (Fsp3) is 0.105. The van der Waals surface area contributed by atoms with E-state index in [1.54, 1.807) is 0 Å². The van der Waals surface area contributed by atoms with Crippen molar-refractivity contribution in [1.29, 1.82) is 0 Å². The van der Waals surface area contributed by atoms with E-state index >= 15 is 0 Å². The summed E-state index contributed by atoms with van der Waals surface area (Å²) in [6.07, 6.45) is -1.87. The van der Waals surface area contributed by atoms with Gasteiger partial charge in [-0.2, -0.15) is 13.2 Å². The second-order valence-corrected chi connectivity index (χ2v) is 5.93. The van der Waals surface area contributed by atoms with Gasteiger partial charge in [0.2, 0.25) is 0 Å². The molecule has 2 heterocycles. The zero-order valence-electron chi connectivity index (χ0n) is 14.6. The minimum Gasteiger partial charge on any atom is -0.327 e. The first-order chi connectivity index (χ1) is 13.8. The summed E-state index contributed by atoms with van der Waals surface area (Å²) in [5, 5.41) is 4.75. The second kappa shape index (κ2) is 8.13. The fourth-order valence-electron chi connectivity index (χ4n) is 2.59. The highest BCUT2D eigenvalue weighted by Crippen LogP contribution is 2.31. The third-order valence-corrected chi connectivity index (χ3v) is 3.97. The van der Waals surface area contributed by atoms with Gasteiger partial charge >= 0.3 is 12.2 Å². The van der Waals surface area contributed by atoms with Crippen molar-refractivity contribution in [2.24, 2.45) is 0 Å². The predicted molar refractivity (Wildman–Crippen MR) is 96.7 cm³/mol. The highest BCUT2D eigenvalue weighted by molar-refractivity contribution is 5.89. The van der Waals surface area contributed by atoms with E-state index in [9.17, 15) is 27.2 Å². The monoisotopic (exact) mass is 406 g/mol. The minimum atomic E-state index is -4.54. The lowest BCUT2D eigenvalue weighted by atomic mass is 10.0. The Morgan fingerprint density at radius 2 is 1.79 bits per heavy atom. The van der Waals surface area contributed by atoms with Crippen molar-refractivity contribution in [1.82, 2.24) is 15.3 Å². The van der Waals surface area contributed by atoms with Crippen LogP contribution in [0.15, 0.2) is 65.7 Å². The molecule has 1 aromatic carbocycles. The Morgan fingerprint density at radius 3 is 2.41 bits per heavy atom. The molecule has 0 aliphatic heterocycles. The van der Waals surface area contributed by atoms with Crippen LogP contribution in [-0.2, 0) is 6.18 Å². The van der Waals surface area contributed by atoms with E-state index in [0.29, 0.717) is 0 Å². The van der Waals surface area contributed by atoms with E-state index in [1.165, 1.54) is 30.6 Å². The van der Waals surface area contributed by atoms with Gasteiger partial charge in [0.25, 0.3) is 5.56 Å².